The smallest absolute Gasteiger partial charge is 0.270 e. The molecule has 7 nitrogen and oxygen atoms in total. The Morgan fingerprint density at radius 3 is 2.48 bits per heavy atom. The van der Waals surface area contributed by atoms with Gasteiger partial charge in [-0.15, -0.1) is 0 Å². The van der Waals surface area contributed by atoms with Crippen molar-refractivity contribution in [1.29, 1.82) is 5.26 Å². The molecule has 0 aliphatic carbocycles. The van der Waals surface area contributed by atoms with Gasteiger partial charge in [-0.2, -0.15) is 5.26 Å². The lowest BCUT2D eigenvalue weighted by Gasteiger charge is -2.38. The summed E-state index contributed by atoms with van der Waals surface area (Å²) in [5.74, 6) is -0.388. The summed E-state index contributed by atoms with van der Waals surface area (Å²) >= 11 is 1.34. The molecular weight excluding hydrogens is 364 g/mol. The molecule has 3 heterocycles. The minimum Gasteiger partial charge on any atom is -0.371 e. The largest absolute Gasteiger partial charge is 0.371 e. The topological polar surface area (TPSA) is 91.2 Å². The highest BCUT2D eigenvalue weighted by Gasteiger charge is 2.39. The van der Waals surface area contributed by atoms with E-state index in [2.05, 4.69) is 14.9 Å². The van der Waals surface area contributed by atoms with Crippen molar-refractivity contribution in [2.24, 2.45) is 0 Å². The van der Waals surface area contributed by atoms with Gasteiger partial charge in [-0.3, -0.25) is 4.79 Å². The first-order valence-electron chi connectivity index (χ1n) is 8.86. The summed E-state index contributed by atoms with van der Waals surface area (Å²) in [5, 5.41) is 9.83. The fraction of sp³-hybridized carbons (Fsp3) is 0.421. The summed E-state index contributed by atoms with van der Waals surface area (Å²) in [6.07, 6.45) is 3.53. The predicted octanol–water partition coefficient (Wildman–Crippen LogP) is 2.37. The zero-order valence-electron chi connectivity index (χ0n) is 15.0. The summed E-state index contributed by atoms with van der Waals surface area (Å²) in [6, 6.07) is 9.80. The van der Waals surface area contributed by atoms with Crippen molar-refractivity contribution in [3.63, 3.8) is 0 Å². The van der Waals surface area contributed by atoms with E-state index < -0.39 is 5.56 Å². The fourth-order valence-corrected chi connectivity index (χ4v) is 3.96. The monoisotopic (exact) mass is 384 g/mol. The lowest BCUT2D eigenvalue weighted by atomic mass is 10.0. The molecule has 2 aliphatic rings. The van der Waals surface area contributed by atoms with Gasteiger partial charge in [0, 0.05) is 37.2 Å². The molecule has 0 radical (unpaired) electrons. The Balaban J connectivity index is 1.56. The molecule has 4 rings (SSSR count). The van der Waals surface area contributed by atoms with Crippen LogP contribution in [0.4, 0.5) is 5.69 Å². The number of rotatable bonds is 3. The van der Waals surface area contributed by atoms with Crippen LogP contribution in [0.15, 0.2) is 34.2 Å². The second-order valence-corrected chi connectivity index (χ2v) is 7.35. The van der Waals surface area contributed by atoms with Crippen LogP contribution in [0.5, 0.6) is 0 Å². The van der Waals surface area contributed by atoms with Crippen molar-refractivity contribution in [3.8, 4) is 17.3 Å². The van der Waals surface area contributed by atoms with E-state index in [0.717, 1.165) is 37.2 Å². The number of piperidine rings is 1. The molecule has 0 unspecified atom stereocenters. The van der Waals surface area contributed by atoms with E-state index in [1.807, 2.05) is 36.6 Å². The van der Waals surface area contributed by atoms with E-state index in [4.69, 9.17) is 9.47 Å². The van der Waals surface area contributed by atoms with Crippen molar-refractivity contribution in [2.45, 2.75) is 23.8 Å². The van der Waals surface area contributed by atoms with Gasteiger partial charge in [0.25, 0.3) is 5.56 Å². The Bertz CT molecular complexity index is 919. The zero-order valence-corrected chi connectivity index (χ0v) is 15.8. The molecule has 8 heteroatoms. The van der Waals surface area contributed by atoms with Gasteiger partial charge in [-0.25, -0.2) is 4.98 Å². The SMILES string of the molecule is CSc1nc(-c2ccc(N3CCC4(CC3)OCCO4)cc2)c(C#N)c(=O)[nH]1. The number of benzene rings is 1. The highest BCUT2D eigenvalue weighted by Crippen LogP contribution is 2.33. The van der Waals surface area contributed by atoms with Gasteiger partial charge < -0.3 is 19.4 Å². The lowest BCUT2D eigenvalue weighted by molar-refractivity contribution is -0.169. The first-order valence-corrected chi connectivity index (χ1v) is 10.1. The minimum absolute atomic E-state index is 0.0380. The van der Waals surface area contributed by atoms with Gasteiger partial charge >= 0.3 is 0 Å². The standard InChI is InChI=1S/C19H20N4O3S/c1-27-18-21-16(15(12-20)17(24)22-18)13-2-4-14(5-3-13)23-8-6-19(7-9-23)25-10-11-26-19/h2-5H,6-11H2,1H3,(H,21,22,24). The Labute approximate surface area is 161 Å². The van der Waals surface area contributed by atoms with Crippen LogP contribution in [-0.2, 0) is 9.47 Å². The number of hydrogen-bond acceptors (Lipinski definition) is 7. The molecule has 0 saturated carbocycles. The molecule has 2 saturated heterocycles. The molecule has 1 N–H and O–H groups in total. The maximum atomic E-state index is 12.1. The Hall–Kier alpha value is -2.34. The molecule has 2 aromatic rings. The summed E-state index contributed by atoms with van der Waals surface area (Å²) in [6.45, 7) is 3.08. The lowest BCUT2D eigenvalue weighted by Crippen LogP contribution is -2.45. The zero-order chi connectivity index (χ0) is 18.9. The van der Waals surface area contributed by atoms with Crippen LogP contribution in [-0.4, -0.2) is 48.3 Å². The van der Waals surface area contributed by atoms with Crippen LogP contribution in [0.1, 0.15) is 18.4 Å². The Morgan fingerprint density at radius 1 is 1.22 bits per heavy atom. The first-order chi connectivity index (χ1) is 13.1. The summed E-state index contributed by atoms with van der Waals surface area (Å²) in [4.78, 5) is 21.4. The van der Waals surface area contributed by atoms with E-state index >= 15 is 0 Å². The molecule has 1 aromatic heterocycles. The van der Waals surface area contributed by atoms with Gasteiger partial charge in [0.2, 0.25) is 0 Å². The number of nitrogens with zero attached hydrogens (tertiary/aromatic N) is 3. The predicted molar refractivity (Wildman–Crippen MR) is 103 cm³/mol. The van der Waals surface area contributed by atoms with Crippen LogP contribution in [0.2, 0.25) is 0 Å². The highest BCUT2D eigenvalue weighted by atomic mass is 32.2. The van der Waals surface area contributed by atoms with Gasteiger partial charge in [-0.05, 0) is 18.4 Å². The van der Waals surface area contributed by atoms with Crippen LogP contribution in [0.3, 0.4) is 0 Å². The van der Waals surface area contributed by atoms with Gasteiger partial charge in [0.1, 0.15) is 11.6 Å². The number of anilines is 1. The van der Waals surface area contributed by atoms with Crippen molar-refractivity contribution in [2.75, 3.05) is 37.5 Å². The summed E-state index contributed by atoms with van der Waals surface area (Å²) < 4.78 is 11.6. The minimum atomic E-state index is -0.409. The first kappa shape index (κ1) is 18.0. The van der Waals surface area contributed by atoms with Crippen molar-refractivity contribution < 1.29 is 9.47 Å². The number of hydrogen-bond donors (Lipinski definition) is 1. The number of nitriles is 1. The Kier molecular flexibility index (Phi) is 4.91. The van der Waals surface area contributed by atoms with Gasteiger partial charge in [-0.1, -0.05) is 23.9 Å². The summed E-state index contributed by atoms with van der Waals surface area (Å²) in [5.41, 5.74) is 1.90. The van der Waals surface area contributed by atoms with Crippen molar-refractivity contribution >= 4 is 17.4 Å². The van der Waals surface area contributed by atoms with E-state index in [1.165, 1.54) is 11.8 Å². The number of H-pyrrole nitrogens is 1. The van der Waals surface area contributed by atoms with Gasteiger partial charge in [0.15, 0.2) is 10.9 Å². The van der Waals surface area contributed by atoms with Crippen LogP contribution in [0, 0.1) is 11.3 Å². The number of nitrogens with one attached hydrogen (secondary N) is 1. The molecule has 27 heavy (non-hydrogen) atoms. The fourth-order valence-electron chi connectivity index (χ4n) is 3.58. The molecule has 140 valence electrons. The second-order valence-electron chi connectivity index (χ2n) is 6.55. The van der Waals surface area contributed by atoms with Crippen molar-refractivity contribution in [3.05, 3.63) is 40.2 Å². The van der Waals surface area contributed by atoms with Crippen LogP contribution >= 0.6 is 11.8 Å². The molecule has 2 fully saturated rings. The second kappa shape index (κ2) is 7.35. The molecule has 1 aromatic carbocycles. The average Bonchev–Trinajstić information content (AvgIpc) is 3.16. The molecule has 0 bridgehead atoms. The molecule has 2 aliphatic heterocycles. The number of ether oxygens (including phenoxy) is 2. The third-order valence-electron chi connectivity index (χ3n) is 5.05. The number of aromatic amines is 1. The van der Waals surface area contributed by atoms with E-state index in [-0.39, 0.29) is 11.4 Å². The average molecular weight is 384 g/mol. The van der Waals surface area contributed by atoms with Crippen LogP contribution in [0.25, 0.3) is 11.3 Å². The van der Waals surface area contributed by atoms with Crippen LogP contribution < -0.4 is 10.5 Å². The molecule has 1 spiro atoms. The van der Waals surface area contributed by atoms with E-state index in [1.54, 1.807) is 0 Å². The maximum absolute atomic E-state index is 12.1. The maximum Gasteiger partial charge on any atom is 0.270 e. The number of thioether (sulfide) groups is 1. The summed E-state index contributed by atoms with van der Waals surface area (Å²) in [7, 11) is 0. The number of aromatic nitrogens is 2. The van der Waals surface area contributed by atoms with E-state index in [0.29, 0.717) is 24.1 Å². The Morgan fingerprint density at radius 2 is 1.89 bits per heavy atom. The highest BCUT2D eigenvalue weighted by molar-refractivity contribution is 7.98. The van der Waals surface area contributed by atoms with E-state index in [9.17, 15) is 10.1 Å². The quantitative estimate of drug-likeness (QED) is 0.642. The molecule has 0 amide bonds. The third-order valence-corrected chi connectivity index (χ3v) is 5.63. The molecular formula is C19H20N4O3S. The normalized spacial score (nSPS) is 18.6. The third kappa shape index (κ3) is 3.46. The molecule has 0 atom stereocenters. The van der Waals surface area contributed by atoms with Gasteiger partial charge in [0.05, 0.1) is 18.9 Å². The van der Waals surface area contributed by atoms with Crippen molar-refractivity contribution in [1.82, 2.24) is 9.97 Å².